The van der Waals surface area contributed by atoms with Crippen LogP contribution in [0.25, 0.3) is 22.5 Å². The van der Waals surface area contributed by atoms with E-state index >= 15 is 0 Å². The number of benzene rings is 6. The van der Waals surface area contributed by atoms with Crippen molar-refractivity contribution in [3.8, 4) is 22.5 Å². The molecular formula is C77H106FN9O27P4S4. The standard InChI is InChI=1S/C26H32N3O6PS.C13H20NO7PS.C13H22NO5PS.C12H11N3O2.C7H17O3P.C6H4FNO4S/c1-17(2)34-36(31,35-18(3)4)16-37(32,33)22-12-8-20(9-13-22)14-24(30)25-26(27)28-15-23(29-25)21-10-6-19(5)7-11-21;1-10(2)20-22(17,21-11(3)4)9-23(18,19)13-7-5-12(6-8-13)14(15)16;1-10(2)18-20(15,19-11(3)4)9-21(16,17)13-7-5-12(14)6-8-13;1-7-2-4-8(5-3-7)9-6-14-11(13)10(15-9)12(16)17;1-6(2)9-11(5,8)10-7(3)4;7-13(11,12)6-3-1-5(2-4-6)8(9)10/h6-13,15,17-18H,14,16H2,1-5H3,(H2,27,28);5-8,10-11H,9H2,1-4H3;5-8,10-11H,9,14H2,1-4H3;2-6H,1H3,(H2,13,14)(H,16,17);6-7H,1-5H3;1-4H. The lowest BCUT2D eigenvalue weighted by molar-refractivity contribution is -0.385. The number of aryl methyl sites for hydroxylation is 2. The van der Waals surface area contributed by atoms with Crippen LogP contribution >= 0.6 is 30.4 Å². The quantitative estimate of drug-likeness (QED) is 0.00726. The highest BCUT2D eigenvalue weighted by atomic mass is 32.3. The topological polar surface area (TPSA) is 549 Å². The number of sulfone groups is 3. The molecule has 45 heteroatoms. The van der Waals surface area contributed by atoms with Gasteiger partial charge in [-0.25, -0.2) is 50.0 Å². The zero-order chi connectivity index (χ0) is 93.0. The first-order chi connectivity index (χ1) is 56.1. The second kappa shape index (κ2) is 47.3. The molecule has 2 aromatic heterocycles. The summed E-state index contributed by atoms with van der Waals surface area (Å²) in [5.41, 5.74) is 19.8. The number of hydrogen-bond donors (Lipinski definition) is 4. The molecule has 0 aliphatic carbocycles. The molecule has 8 rings (SSSR count). The lowest BCUT2D eigenvalue weighted by Gasteiger charge is -2.22. The summed E-state index contributed by atoms with van der Waals surface area (Å²) in [5.74, 6) is -1.59. The summed E-state index contributed by atoms with van der Waals surface area (Å²) >= 11 is 0. The van der Waals surface area contributed by atoms with Crippen molar-refractivity contribution in [1.82, 2.24) is 19.9 Å². The average molecular weight is 1860 g/mol. The number of anilines is 3. The van der Waals surface area contributed by atoms with Crippen LogP contribution in [0.1, 0.15) is 148 Å². The van der Waals surface area contributed by atoms with Gasteiger partial charge in [-0.1, -0.05) is 71.8 Å². The zero-order valence-electron chi connectivity index (χ0n) is 70.7. The minimum atomic E-state index is -4.77. The highest BCUT2D eigenvalue weighted by molar-refractivity contribution is 7.98. The van der Waals surface area contributed by atoms with E-state index in [0.29, 0.717) is 22.6 Å². The van der Waals surface area contributed by atoms with Crippen molar-refractivity contribution in [3.05, 3.63) is 206 Å². The first-order valence-electron chi connectivity index (χ1n) is 37.1. The number of nitro benzene ring substituents is 2. The number of non-ortho nitro benzene ring substituents is 2. The molecule has 0 atom stereocenters. The molecule has 0 fully saturated rings. The number of nitrogens with zero attached hydrogens (tertiary/aromatic N) is 6. The van der Waals surface area contributed by atoms with Gasteiger partial charge in [-0.15, -0.1) is 3.89 Å². The number of aromatic nitrogens is 4. The molecule has 0 spiro atoms. The molecule has 0 aliphatic heterocycles. The van der Waals surface area contributed by atoms with Crippen LogP contribution in [0, 0.1) is 34.1 Å². The number of halogens is 1. The Morgan fingerprint density at radius 1 is 0.418 bits per heavy atom. The summed E-state index contributed by atoms with van der Waals surface area (Å²) in [5, 5.41) is 29.6. The van der Waals surface area contributed by atoms with Crippen LogP contribution in [0.2, 0.25) is 0 Å². The predicted octanol–water partition coefficient (Wildman–Crippen LogP) is 17.3. The van der Waals surface area contributed by atoms with Crippen molar-refractivity contribution in [2.75, 3.05) is 40.3 Å². The Bertz CT molecular complexity index is 5460. The first-order valence-corrected chi connectivity index (χ1v) is 50.6. The molecule has 122 heavy (non-hydrogen) atoms. The number of carbonyl (C=O) groups is 2. The number of rotatable bonds is 34. The van der Waals surface area contributed by atoms with Crippen molar-refractivity contribution in [2.24, 2.45) is 0 Å². The SMILES string of the molecule is CC(C)OP(=O)(CS(=O)(=O)c1ccc(N)cc1)OC(C)C.CC(C)OP(=O)(CS(=O)(=O)c1ccc([N+](=O)[O-])cc1)OC(C)C.CC(C)OP(C)(=O)OC(C)C.Cc1ccc(-c2cnc(N)c(C(=O)Cc3ccc(S(=O)(=O)CP(=O)(OC(C)C)OC(C)C)cc3)n2)cc1.Cc1ccc(-c2cnc(N)c(C(=O)O)n2)cc1.O=[N+]([O-])c1ccc(S(=O)(=O)F)cc1. The van der Waals surface area contributed by atoms with Crippen LogP contribution in [0.5, 0.6) is 0 Å². The smallest absolute Gasteiger partial charge is 0.358 e. The molecule has 2 heterocycles. The van der Waals surface area contributed by atoms with E-state index in [0.717, 1.165) is 70.8 Å². The Morgan fingerprint density at radius 2 is 0.680 bits per heavy atom. The van der Waals surface area contributed by atoms with Gasteiger partial charge in [-0.3, -0.25) is 43.3 Å². The molecule has 0 saturated heterocycles. The third kappa shape index (κ3) is 38.5. The van der Waals surface area contributed by atoms with Crippen LogP contribution in [0.4, 0.5) is 32.6 Å². The van der Waals surface area contributed by atoms with E-state index in [2.05, 4.69) is 19.9 Å². The van der Waals surface area contributed by atoms with Gasteiger partial charge in [0.1, 0.15) is 5.69 Å². The third-order valence-corrected chi connectivity index (χ3v) is 32.1. The van der Waals surface area contributed by atoms with Gasteiger partial charge in [0.25, 0.3) is 11.4 Å². The number of nitrogen functional groups attached to an aromatic ring is 3. The van der Waals surface area contributed by atoms with Crippen LogP contribution < -0.4 is 17.2 Å². The maximum atomic E-state index is 13.1. The zero-order valence-corrected chi connectivity index (χ0v) is 77.6. The Balaban J connectivity index is 0.000000397. The first kappa shape index (κ1) is 107. The van der Waals surface area contributed by atoms with Gasteiger partial charge in [-0.05, 0) is 191 Å². The number of nitro groups is 2. The lowest BCUT2D eigenvalue weighted by atomic mass is 10.1. The van der Waals surface area contributed by atoms with E-state index in [1.54, 1.807) is 83.1 Å². The Hall–Kier alpha value is -8.85. The number of carbonyl (C=O) groups excluding carboxylic acids is 1. The van der Waals surface area contributed by atoms with Crippen LogP contribution in [-0.2, 0) is 101 Å². The van der Waals surface area contributed by atoms with Gasteiger partial charge in [0.2, 0.25) is 0 Å². The minimum absolute atomic E-state index is 0.0196. The van der Waals surface area contributed by atoms with E-state index in [1.807, 2.05) is 90.1 Å². The number of ketones is 1. The number of carboxylic acids is 1. The van der Waals surface area contributed by atoms with Crippen molar-refractivity contribution in [1.29, 1.82) is 0 Å². The molecule has 6 aromatic carbocycles. The van der Waals surface area contributed by atoms with E-state index < -0.39 is 144 Å². The Morgan fingerprint density at radius 3 is 0.951 bits per heavy atom. The fourth-order valence-corrected chi connectivity index (χ4v) is 25.9. The molecule has 0 saturated carbocycles. The van der Waals surface area contributed by atoms with Gasteiger partial charge in [0, 0.05) is 54.2 Å². The van der Waals surface area contributed by atoms with Crippen molar-refractivity contribution >= 4 is 111 Å². The molecule has 0 aliphatic rings. The van der Waals surface area contributed by atoms with E-state index in [1.165, 1.54) is 67.6 Å². The van der Waals surface area contributed by atoms with Crippen LogP contribution in [0.15, 0.2) is 178 Å². The maximum Gasteiger partial charge on any atom is 0.358 e. The van der Waals surface area contributed by atoms with Gasteiger partial charge in [-0.2, -0.15) is 8.42 Å². The summed E-state index contributed by atoms with van der Waals surface area (Å²) in [4.78, 5) is 58.8. The number of Topliss-reactive ketones (excluding diaryl/α,β-unsaturated/α-hetero) is 1. The van der Waals surface area contributed by atoms with Gasteiger partial charge in [0.05, 0.1) is 102 Å². The number of nitrogens with two attached hydrogens (primary N) is 3. The summed E-state index contributed by atoms with van der Waals surface area (Å²) in [7, 11) is -30.9. The highest BCUT2D eigenvalue weighted by Crippen LogP contribution is 2.55. The molecule has 7 N–H and O–H groups in total. The summed E-state index contributed by atoms with van der Waals surface area (Å²) in [6.45, 7) is 32.6. The molecule has 0 radical (unpaired) electrons. The van der Waals surface area contributed by atoms with E-state index in [-0.39, 0.29) is 73.5 Å². The summed E-state index contributed by atoms with van der Waals surface area (Å²) in [6.07, 6.45) is 0.0940. The molecule has 8 aromatic rings. The maximum absolute atomic E-state index is 13.1. The molecule has 0 bridgehead atoms. The predicted molar refractivity (Wildman–Crippen MR) is 462 cm³/mol. The van der Waals surface area contributed by atoms with Crippen LogP contribution in [-0.4, -0.2) is 152 Å². The Kier molecular flexibility index (Phi) is 41.6. The van der Waals surface area contributed by atoms with Gasteiger partial charge < -0.3 is 58.5 Å². The highest BCUT2D eigenvalue weighted by Gasteiger charge is 2.39. The van der Waals surface area contributed by atoms with Crippen molar-refractivity contribution in [2.45, 2.75) is 199 Å². The van der Waals surface area contributed by atoms with Crippen LogP contribution in [0.3, 0.4) is 0 Å². The average Bonchev–Trinajstić information content (AvgIpc) is 0.818. The van der Waals surface area contributed by atoms with Gasteiger partial charge in [0.15, 0.2) is 69.1 Å². The lowest BCUT2D eigenvalue weighted by Crippen LogP contribution is -2.16. The van der Waals surface area contributed by atoms with Gasteiger partial charge >= 0.3 is 46.6 Å². The summed E-state index contributed by atoms with van der Waals surface area (Å²) in [6, 6.07) is 34.6. The summed E-state index contributed by atoms with van der Waals surface area (Å²) < 4.78 is 200. The van der Waals surface area contributed by atoms with Crippen molar-refractivity contribution < 1.29 is 117 Å². The molecule has 672 valence electrons. The monoisotopic (exact) mass is 1860 g/mol. The minimum Gasteiger partial charge on any atom is -0.476 e. The molecule has 36 nitrogen and oxygen atoms in total. The van der Waals surface area contributed by atoms with E-state index in [4.69, 9.17) is 58.5 Å². The molecular weight excluding hydrogens is 1750 g/mol. The second-order valence-electron chi connectivity index (χ2n) is 28.8. The molecule has 0 amide bonds. The number of hydrogen-bond acceptors (Lipinski definition) is 33. The van der Waals surface area contributed by atoms with Crippen molar-refractivity contribution in [3.63, 3.8) is 0 Å². The second-order valence-corrected chi connectivity index (χ2v) is 45.3. The van der Waals surface area contributed by atoms with E-state index in [9.17, 15) is 85.6 Å². The Labute approximate surface area is 711 Å². The normalized spacial score (nSPS) is 12.2. The fraction of sp³-hybridized carbons (Fsp3) is 0.403. The molecule has 0 unspecified atom stereocenters. The fourth-order valence-electron chi connectivity index (χ4n) is 9.97. The largest absolute Gasteiger partial charge is 0.476 e. The number of carboxylic acid groups (broad SMARTS) is 1. The third-order valence-electron chi connectivity index (χ3n) is 14.4. The number of aromatic carboxylic acids is 1.